The highest BCUT2D eigenvalue weighted by Crippen LogP contribution is 2.33. The highest BCUT2D eigenvalue weighted by Gasteiger charge is 2.20. The predicted molar refractivity (Wildman–Crippen MR) is 113 cm³/mol. The highest BCUT2D eigenvalue weighted by atomic mass is 16.4. The van der Waals surface area contributed by atoms with Gasteiger partial charge in [0.15, 0.2) is 0 Å². The lowest BCUT2D eigenvalue weighted by Crippen LogP contribution is -2.32. The number of rotatable bonds is 9. The van der Waals surface area contributed by atoms with Gasteiger partial charge >= 0.3 is 5.97 Å². The molecule has 27 heavy (non-hydrogen) atoms. The van der Waals surface area contributed by atoms with Crippen LogP contribution in [0.2, 0.25) is 0 Å². The fourth-order valence-corrected chi connectivity index (χ4v) is 3.52. The molecule has 0 fully saturated rings. The molecule has 0 amide bonds. The Hall–Kier alpha value is -2.49. The zero-order valence-corrected chi connectivity index (χ0v) is 16.9. The maximum absolute atomic E-state index is 11.4. The second kappa shape index (κ2) is 9.45. The highest BCUT2D eigenvalue weighted by molar-refractivity contribution is 5.72. The van der Waals surface area contributed by atoms with Crippen LogP contribution in [-0.2, 0) is 4.79 Å². The minimum Gasteiger partial charge on any atom is -0.481 e. The van der Waals surface area contributed by atoms with Crippen LogP contribution in [0.15, 0.2) is 48.5 Å². The molecular formula is C23H32N2O2. The van der Waals surface area contributed by atoms with E-state index in [1.54, 1.807) is 0 Å². The molecule has 0 radical (unpaired) electrons. The lowest BCUT2D eigenvalue weighted by atomic mass is 9.88. The number of nitrogen functional groups attached to an aromatic ring is 1. The maximum Gasteiger partial charge on any atom is 0.304 e. The molecule has 3 N–H and O–H groups in total. The first-order chi connectivity index (χ1) is 12.8. The van der Waals surface area contributed by atoms with E-state index in [1.807, 2.05) is 48.5 Å². The van der Waals surface area contributed by atoms with Crippen LogP contribution in [0, 0.1) is 11.8 Å². The smallest absolute Gasteiger partial charge is 0.304 e. The van der Waals surface area contributed by atoms with Crippen molar-refractivity contribution in [1.29, 1.82) is 0 Å². The number of carboxylic acid groups (broad SMARTS) is 1. The van der Waals surface area contributed by atoms with E-state index in [-0.39, 0.29) is 12.3 Å². The van der Waals surface area contributed by atoms with Gasteiger partial charge in [-0.2, -0.15) is 0 Å². The van der Waals surface area contributed by atoms with Gasteiger partial charge in [0.2, 0.25) is 0 Å². The molecule has 0 saturated carbocycles. The van der Waals surface area contributed by atoms with Gasteiger partial charge in [-0.3, -0.25) is 4.79 Å². The minimum absolute atomic E-state index is 0.0461. The van der Waals surface area contributed by atoms with Gasteiger partial charge in [-0.05, 0) is 35.1 Å². The van der Waals surface area contributed by atoms with Crippen LogP contribution in [0.3, 0.4) is 0 Å². The Balaban J connectivity index is 2.38. The number of aliphatic carboxylic acids is 1. The Morgan fingerprint density at radius 1 is 0.963 bits per heavy atom. The summed E-state index contributed by atoms with van der Waals surface area (Å²) in [6, 6.07) is 15.8. The summed E-state index contributed by atoms with van der Waals surface area (Å²) in [5, 5.41) is 9.38. The summed E-state index contributed by atoms with van der Waals surface area (Å²) in [5.41, 5.74) is 10.1. The summed E-state index contributed by atoms with van der Waals surface area (Å²) in [6.07, 6.45) is 0.0461. The van der Waals surface area contributed by atoms with Gasteiger partial charge in [-0.1, -0.05) is 64.1 Å². The van der Waals surface area contributed by atoms with E-state index < -0.39 is 5.97 Å². The minimum atomic E-state index is -0.812. The largest absolute Gasteiger partial charge is 0.481 e. The Labute approximate surface area is 163 Å². The zero-order valence-electron chi connectivity index (χ0n) is 16.9. The van der Waals surface area contributed by atoms with Crippen molar-refractivity contribution in [3.8, 4) is 0 Å². The lowest BCUT2D eigenvalue weighted by molar-refractivity contribution is -0.137. The summed E-state index contributed by atoms with van der Waals surface area (Å²) >= 11 is 0. The Bertz CT molecular complexity index is 731. The van der Waals surface area contributed by atoms with E-state index in [2.05, 4.69) is 32.6 Å². The van der Waals surface area contributed by atoms with Crippen LogP contribution < -0.4 is 10.6 Å². The third kappa shape index (κ3) is 6.02. The SMILES string of the molecule is CC(C)CN(CC(C)C)c1ccc(C(CC(=O)O)c2ccccc2)cc1N. The number of hydrogen-bond donors (Lipinski definition) is 2. The number of carbonyl (C=O) groups is 1. The molecule has 146 valence electrons. The van der Waals surface area contributed by atoms with Gasteiger partial charge in [-0.15, -0.1) is 0 Å². The quantitative estimate of drug-likeness (QED) is 0.612. The standard InChI is InChI=1S/C23H32N2O2/c1-16(2)14-25(15-17(3)4)22-11-10-19(12-21(22)24)20(13-23(26)27)18-8-6-5-7-9-18/h5-12,16-17,20H,13-15,24H2,1-4H3,(H,26,27). The van der Waals surface area contributed by atoms with Gasteiger partial charge in [0, 0.05) is 19.0 Å². The van der Waals surface area contributed by atoms with E-state index in [0.29, 0.717) is 17.5 Å². The number of benzene rings is 2. The number of anilines is 2. The van der Waals surface area contributed by atoms with Crippen molar-refractivity contribution in [2.75, 3.05) is 23.7 Å². The van der Waals surface area contributed by atoms with Crippen LogP contribution in [0.25, 0.3) is 0 Å². The summed E-state index contributed by atoms with van der Waals surface area (Å²) < 4.78 is 0. The fraction of sp³-hybridized carbons (Fsp3) is 0.435. The summed E-state index contributed by atoms with van der Waals surface area (Å²) in [4.78, 5) is 13.8. The predicted octanol–water partition coefficient (Wildman–Crippen LogP) is 4.99. The molecule has 0 aromatic heterocycles. The molecule has 0 aliphatic heterocycles. The van der Waals surface area contributed by atoms with E-state index in [9.17, 15) is 9.90 Å². The fourth-order valence-electron chi connectivity index (χ4n) is 3.52. The van der Waals surface area contributed by atoms with Crippen LogP contribution in [0.4, 0.5) is 11.4 Å². The van der Waals surface area contributed by atoms with Crippen LogP contribution >= 0.6 is 0 Å². The Kier molecular flexibility index (Phi) is 7.28. The third-order valence-electron chi connectivity index (χ3n) is 4.55. The van der Waals surface area contributed by atoms with Gasteiger partial charge in [0.1, 0.15) is 0 Å². The van der Waals surface area contributed by atoms with Crippen molar-refractivity contribution < 1.29 is 9.90 Å². The van der Waals surface area contributed by atoms with Crippen LogP contribution in [0.5, 0.6) is 0 Å². The maximum atomic E-state index is 11.4. The molecule has 0 heterocycles. The average Bonchev–Trinajstić information content (AvgIpc) is 2.59. The van der Waals surface area contributed by atoms with Crippen LogP contribution in [-0.4, -0.2) is 24.2 Å². The molecule has 4 heteroatoms. The van der Waals surface area contributed by atoms with Crippen molar-refractivity contribution in [1.82, 2.24) is 0 Å². The molecule has 0 saturated heterocycles. The van der Waals surface area contributed by atoms with Gasteiger partial charge < -0.3 is 15.7 Å². The van der Waals surface area contributed by atoms with Crippen molar-refractivity contribution in [3.63, 3.8) is 0 Å². The van der Waals surface area contributed by atoms with E-state index in [1.165, 1.54) is 0 Å². The van der Waals surface area contributed by atoms with Crippen molar-refractivity contribution in [3.05, 3.63) is 59.7 Å². The lowest BCUT2D eigenvalue weighted by Gasteiger charge is -2.30. The number of nitrogens with two attached hydrogens (primary N) is 1. The molecular weight excluding hydrogens is 336 g/mol. The molecule has 2 aromatic carbocycles. The molecule has 1 atom stereocenters. The van der Waals surface area contributed by atoms with E-state index >= 15 is 0 Å². The zero-order chi connectivity index (χ0) is 20.0. The van der Waals surface area contributed by atoms with Crippen LogP contribution in [0.1, 0.15) is 51.2 Å². The summed E-state index contributed by atoms with van der Waals surface area (Å²) in [5.74, 6) is 0.0512. The first-order valence-corrected chi connectivity index (χ1v) is 9.69. The van der Waals surface area contributed by atoms with Crippen molar-refractivity contribution in [2.45, 2.75) is 40.0 Å². The number of nitrogens with zero attached hydrogens (tertiary/aromatic N) is 1. The first-order valence-electron chi connectivity index (χ1n) is 9.69. The molecule has 0 spiro atoms. The van der Waals surface area contributed by atoms with Gasteiger partial charge in [0.25, 0.3) is 0 Å². The van der Waals surface area contributed by atoms with E-state index in [4.69, 9.17) is 5.73 Å². The first kappa shape index (κ1) is 20.8. The molecule has 0 aliphatic rings. The van der Waals surface area contributed by atoms with Gasteiger partial charge in [-0.25, -0.2) is 0 Å². The molecule has 1 unspecified atom stereocenters. The second-order valence-electron chi connectivity index (χ2n) is 8.07. The monoisotopic (exact) mass is 368 g/mol. The molecule has 0 bridgehead atoms. The molecule has 4 nitrogen and oxygen atoms in total. The number of carboxylic acids is 1. The Morgan fingerprint density at radius 3 is 2.04 bits per heavy atom. The van der Waals surface area contributed by atoms with Gasteiger partial charge in [0.05, 0.1) is 17.8 Å². The average molecular weight is 369 g/mol. The summed E-state index contributed by atoms with van der Waals surface area (Å²) in [7, 11) is 0. The van der Waals surface area contributed by atoms with Crippen molar-refractivity contribution >= 4 is 17.3 Å². The van der Waals surface area contributed by atoms with Crippen molar-refractivity contribution in [2.24, 2.45) is 11.8 Å². The second-order valence-corrected chi connectivity index (χ2v) is 8.07. The molecule has 0 aliphatic carbocycles. The van der Waals surface area contributed by atoms with E-state index in [0.717, 1.165) is 29.9 Å². The normalized spacial score (nSPS) is 12.4. The summed E-state index contributed by atoms with van der Waals surface area (Å²) in [6.45, 7) is 10.7. The topological polar surface area (TPSA) is 66.6 Å². The third-order valence-corrected chi connectivity index (χ3v) is 4.55. The Morgan fingerprint density at radius 2 is 1.56 bits per heavy atom. The molecule has 2 rings (SSSR count). The molecule has 2 aromatic rings. The number of hydrogen-bond acceptors (Lipinski definition) is 3.